The number of isocyanates is 1. The standard InChI is InChI=1S/C23H27ClN4O4/c24-19-11-5-4-10-18(19)15-32-28-23(31)21(14-17-8-2-1-3-9-17)27-22(30)20(26-16-29)12-6-7-13-25/h1-5,8-11,20-21H,6-7,12-15,25H2,(H,27,30)(H,28,31)/t20-,21-/m0/s1. The Balaban J connectivity index is 2.05. The van der Waals surface area contributed by atoms with E-state index >= 15 is 0 Å². The molecule has 2 aromatic rings. The summed E-state index contributed by atoms with van der Waals surface area (Å²) in [5.74, 6) is -1.07. The van der Waals surface area contributed by atoms with Gasteiger partial charge in [-0.05, 0) is 43.0 Å². The van der Waals surface area contributed by atoms with Crippen LogP contribution in [0.2, 0.25) is 5.02 Å². The summed E-state index contributed by atoms with van der Waals surface area (Å²) < 4.78 is 0. The van der Waals surface area contributed by atoms with E-state index in [1.807, 2.05) is 36.4 Å². The third kappa shape index (κ3) is 8.61. The van der Waals surface area contributed by atoms with Crippen LogP contribution >= 0.6 is 11.6 Å². The number of hydrogen-bond acceptors (Lipinski definition) is 6. The van der Waals surface area contributed by atoms with E-state index in [0.29, 0.717) is 36.4 Å². The Kier molecular flexibility index (Phi) is 11.1. The second-order valence-electron chi connectivity index (χ2n) is 7.12. The Hall–Kier alpha value is -3.03. The van der Waals surface area contributed by atoms with Crippen molar-refractivity contribution in [3.8, 4) is 0 Å². The molecule has 0 radical (unpaired) electrons. The summed E-state index contributed by atoms with van der Waals surface area (Å²) in [5, 5.41) is 3.19. The number of nitrogens with two attached hydrogens (primary N) is 1. The third-order valence-corrected chi connectivity index (χ3v) is 5.09. The SMILES string of the molecule is NCCCC[C@H](N=C=O)C(=O)N[C@@H](Cc1ccccc1)C(=O)NOCc1ccccc1Cl. The van der Waals surface area contributed by atoms with E-state index in [9.17, 15) is 14.4 Å². The van der Waals surface area contributed by atoms with Crippen LogP contribution < -0.4 is 16.5 Å². The van der Waals surface area contributed by atoms with Gasteiger partial charge in [0, 0.05) is 11.4 Å². The molecule has 32 heavy (non-hydrogen) atoms. The van der Waals surface area contributed by atoms with Gasteiger partial charge >= 0.3 is 0 Å². The summed E-state index contributed by atoms with van der Waals surface area (Å²) in [5.41, 5.74) is 9.41. The van der Waals surface area contributed by atoms with Gasteiger partial charge in [0.05, 0.1) is 0 Å². The van der Waals surface area contributed by atoms with Crippen molar-refractivity contribution in [1.29, 1.82) is 0 Å². The van der Waals surface area contributed by atoms with Gasteiger partial charge in [-0.1, -0.05) is 60.1 Å². The lowest BCUT2D eigenvalue weighted by Gasteiger charge is -2.20. The van der Waals surface area contributed by atoms with E-state index < -0.39 is 23.9 Å². The number of carbonyl (C=O) groups is 2. The summed E-state index contributed by atoms with van der Waals surface area (Å²) in [7, 11) is 0. The lowest BCUT2D eigenvalue weighted by Crippen LogP contribution is -2.50. The van der Waals surface area contributed by atoms with Gasteiger partial charge in [0.2, 0.25) is 12.0 Å². The van der Waals surface area contributed by atoms with Crippen LogP contribution in [0.25, 0.3) is 0 Å². The number of benzene rings is 2. The van der Waals surface area contributed by atoms with Crippen molar-refractivity contribution in [2.45, 2.75) is 44.4 Å². The largest absolute Gasteiger partial charge is 0.342 e. The topological polar surface area (TPSA) is 123 Å². The van der Waals surface area contributed by atoms with E-state index in [1.165, 1.54) is 6.08 Å². The highest BCUT2D eigenvalue weighted by atomic mass is 35.5. The van der Waals surface area contributed by atoms with Gasteiger partial charge in [-0.2, -0.15) is 4.99 Å². The fourth-order valence-electron chi connectivity index (χ4n) is 3.00. The van der Waals surface area contributed by atoms with Crippen molar-refractivity contribution in [2.24, 2.45) is 10.7 Å². The van der Waals surface area contributed by atoms with E-state index in [1.54, 1.807) is 18.2 Å². The Morgan fingerprint density at radius 3 is 2.47 bits per heavy atom. The quantitative estimate of drug-likeness (QED) is 0.184. The number of carbonyl (C=O) groups excluding carboxylic acids is 3. The lowest BCUT2D eigenvalue weighted by atomic mass is 10.0. The molecule has 0 unspecified atom stereocenters. The van der Waals surface area contributed by atoms with Crippen molar-refractivity contribution in [3.05, 3.63) is 70.7 Å². The highest BCUT2D eigenvalue weighted by Gasteiger charge is 2.26. The van der Waals surface area contributed by atoms with Gasteiger partial charge in [0.25, 0.3) is 5.91 Å². The Labute approximate surface area is 192 Å². The van der Waals surface area contributed by atoms with Crippen molar-refractivity contribution < 1.29 is 19.2 Å². The molecule has 0 saturated carbocycles. The van der Waals surface area contributed by atoms with Crippen molar-refractivity contribution in [2.75, 3.05) is 6.54 Å². The third-order valence-electron chi connectivity index (χ3n) is 4.72. The first-order valence-corrected chi connectivity index (χ1v) is 10.7. The van der Waals surface area contributed by atoms with Crippen molar-refractivity contribution in [3.63, 3.8) is 0 Å². The number of nitrogens with zero attached hydrogens (tertiary/aromatic N) is 1. The number of hydroxylamine groups is 1. The molecule has 0 aliphatic carbocycles. The average Bonchev–Trinajstić information content (AvgIpc) is 2.80. The molecule has 9 heteroatoms. The van der Waals surface area contributed by atoms with Crippen LogP contribution in [0, 0.1) is 0 Å². The van der Waals surface area contributed by atoms with E-state index in [2.05, 4.69) is 15.8 Å². The molecule has 0 aromatic heterocycles. The monoisotopic (exact) mass is 458 g/mol. The molecule has 2 atom stereocenters. The second kappa shape index (κ2) is 14.1. The van der Waals surface area contributed by atoms with Crippen molar-refractivity contribution >= 4 is 29.5 Å². The smallest absolute Gasteiger partial charge is 0.266 e. The number of nitrogens with one attached hydrogen (secondary N) is 2. The highest BCUT2D eigenvalue weighted by Crippen LogP contribution is 2.15. The molecule has 170 valence electrons. The summed E-state index contributed by atoms with van der Waals surface area (Å²) in [6.45, 7) is 0.537. The minimum Gasteiger partial charge on any atom is -0.342 e. The summed E-state index contributed by atoms with van der Waals surface area (Å²) in [6.07, 6.45) is 3.31. The van der Waals surface area contributed by atoms with Gasteiger partial charge in [-0.15, -0.1) is 0 Å². The molecule has 0 aliphatic heterocycles. The number of halogens is 1. The molecular formula is C23H27ClN4O4. The molecule has 2 amide bonds. The van der Waals surface area contributed by atoms with Gasteiger partial charge in [-0.25, -0.2) is 10.3 Å². The Morgan fingerprint density at radius 1 is 1.06 bits per heavy atom. The maximum Gasteiger partial charge on any atom is 0.266 e. The predicted octanol–water partition coefficient (Wildman–Crippen LogP) is 2.45. The first-order chi connectivity index (χ1) is 15.5. The second-order valence-corrected chi connectivity index (χ2v) is 7.53. The molecule has 4 N–H and O–H groups in total. The zero-order valence-electron chi connectivity index (χ0n) is 17.6. The van der Waals surface area contributed by atoms with Gasteiger partial charge in [0.1, 0.15) is 18.7 Å². The normalized spacial score (nSPS) is 12.3. The molecule has 0 spiro atoms. The molecule has 0 saturated heterocycles. The fraction of sp³-hybridized carbons (Fsp3) is 0.348. The lowest BCUT2D eigenvalue weighted by molar-refractivity contribution is -0.139. The number of aliphatic imine (C=N–C) groups is 1. The number of unbranched alkanes of at least 4 members (excludes halogenated alkanes) is 1. The van der Waals surface area contributed by atoms with Crippen LogP contribution in [0.3, 0.4) is 0 Å². The van der Waals surface area contributed by atoms with E-state index in [0.717, 1.165) is 5.56 Å². The van der Waals surface area contributed by atoms with Gasteiger partial charge < -0.3 is 11.1 Å². The number of hydrogen-bond donors (Lipinski definition) is 3. The van der Waals surface area contributed by atoms with Crippen LogP contribution in [-0.2, 0) is 32.2 Å². The summed E-state index contributed by atoms with van der Waals surface area (Å²) >= 11 is 6.10. The average molecular weight is 459 g/mol. The van der Waals surface area contributed by atoms with Gasteiger partial charge in [0.15, 0.2) is 0 Å². The van der Waals surface area contributed by atoms with Crippen LogP contribution in [0.5, 0.6) is 0 Å². The van der Waals surface area contributed by atoms with Crippen molar-refractivity contribution in [1.82, 2.24) is 10.8 Å². The maximum absolute atomic E-state index is 12.8. The first kappa shape index (κ1) is 25.2. The molecular weight excluding hydrogens is 432 g/mol. The van der Waals surface area contributed by atoms with Crippen LogP contribution in [0.4, 0.5) is 0 Å². The first-order valence-electron chi connectivity index (χ1n) is 10.3. The zero-order chi connectivity index (χ0) is 23.2. The van der Waals surface area contributed by atoms with Crippen LogP contribution in [-0.4, -0.2) is 36.5 Å². The molecule has 2 rings (SSSR count). The van der Waals surface area contributed by atoms with Crippen LogP contribution in [0.15, 0.2) is 59.6 Å². The molecule has 0 fully saturated rings. The van der Waals surface area contributed by atoms with Crippen LogP contribution in [0.1, 0.15) is 30.4 Å². The summed E-state index contributed by atoms with van der Waals surface area (Å²) in [6, 6.07) is 14.5. The number of amides is 2. The molecule has 8 nitrogen and oxygen atoms in total. The zero-order valence-corrected chi connectivity index (χ0v) is 18.4. The minimum absolute atomic E-state index is 0.0641. The molecule has 0 aliphatic rings. The number of rotatable bonds is 13. The molecule has 2 aromatic carbocycles. The van der Waals surface area contributed by atoms with Gasteiger partial charge in [-0.3, -0.25) is 14.4 Å². The minimum atomic E-state index is -0.936. The Morgan fingerprint density at radius 2 is 1.78 bits per heavy atom. The van der Waals surface area contributed by atoms with E-state index in [4.69, 9.17) is 22.2 Å². The maximum atomic E-state index is 12.8. The predicted molar refractivity (Wildman–Crippen MR) is 121 cm³/mol. The Bertz CT molecular complexity index is 919. The molecule has 0 bridgehead atoms. The van der Waals surface area contributed by atoms with E-state index in [-0.39, 0.29) is 13.0 Å². The summed E-state index contributed by atoms with van der Waals surface area (Å²) in [4.78, 5) is 45.2. The highest BCUT2D eigenvalue weighted by molar-refractivity contribution is 6.31. The fourth-order valence-corrected chi connectivity index (χ4v) is 3.19. The molecule has 0 heterocycles.